The Morgan fingerprint density at radius 1 is 1.42 bits per heavy atom. The average Bonchev–Trinajstić information content (AvgIpc) is 3.13. The number of ether oxygens (including phenoxy) is 1. The molecule has 0 amide bonds. The molecule has 0 aromatic carbocycles. The van der Waals surface area contributed by atoms with Crippen LogP contribution in [-0.2, 0) is 9.53 Å². The summed E-state index contributed by atoms with van der Waals surface area (Å²) < 4.78 is 5.11. The smallest absolute Gasteiger partial charge is 0.320 e. The van der Waals surface area contributed by atoms with Crippen molar-refractivity contribution in [2.75, 3.05) is 33.4 Å². The van der Waals surface area contributed by atoms with Gasteiger partial charge in [0, 0.05) is 32.8 Å². The molecule has 2 N–H and O–H groups in total. The highest BCUT2D eigenvalue weighted by molar-refractivity contribution is 5.73. The van der Waals surface area contributed by atoms with Gasteiger partial charge >= 0.3 is 5.97 Å². The van der Waals surface area contributed by atoms with Gasteiger partial charge in [0.2, 0.25) is 0 Å². The van der Waals surface area contributed by atoms with Gasteiger partial charge in [0.15, 0.2) is 0 Å². The standard InChI is InChI=1S/C14H28N2O3/c1-11(2)10-16(8-9-19-3)7-6-13(14(17)18)15-12-4-5-12/h11-13,15H,4-10H2,1-3H3,(H,17,18). The van der Waals surface area contributed by atoms with Crippen molar-refractivity contribution in [1.29, 1.82) is 0 Å². The fourth-order valence-corrected chi connectivity index (χ4v) is 2.16. The number of rotatable bonds is 11. The number of carboxylic acid groups (broad SMARTS) is 1. The van der Waals surface area contributed by atoms with E-state index in [1.165, 1.54) is 0 Å². The molecule has 1 aliphatic rings. The van der Waals surface area contributed by atoms with Crippen LogP contribution in [0.4, 0.5) is 0 Å². The van der Waals surface area contributed by atoms with Crippen LogP contribution in [0.5, 0.6) is 0 Å². The van der Waals surface area contributed by atoms with Gasteiger partial charge < -0.3 is 20.1 Å². The highest BCUT2D eigenvalue weighted by Crippen LogP contribution is 2.20. The van der Waals surface area contributed by atoms with Crippen molar-refractivity contribution < 1.29 is 14.6 Å². The first-order chi connectivity index (χ1) is 9.02. The first-order valence-corrected chi connectivity index (χ1v) is 7.23. The molecule has 0 aromatic rings. The summed E-state index contributed by atoms with van der Waals surface area (Å²) >= 11 is 0. The molecule has 112 valence electrons. The zero-order valence-corrected chi connectivity index (χ0v) is 12.4. The van der Waals surface area contributed by atoms with Gasteiger partial charge in [-0.2, -0.15) is 0 Å². The minimum atomic E-state index is -0.733. The quantitative estimate of drug-likeness (QED) is 0.591. The summed E-state index contributed by atoms with van der Waals surface area (Å²) in [6.07, 6.45) is 2.88. The van der Waals surface area contributed by atoms with Gasteiger partial charge in [-0.1, -0.05) is 13.8 Å². The summed E-state index contributed by atoms with van der Waals surface area (Å²) in [5, 5.41) is 12.4. The van der Waals surface area contributed by atoms with Crippen LogP contribution in [0.3, 0.4) is 0 Å². The van der Waals surface area contributed by atoms with E-state index in [9.17, 15) is 9.90 Å². The molecule has 1 saturated carbocycles. The predicted octanol–water partition coefficient (Wildman–Crippen LogP) is 1.19. The summed E-state index contributed by atoms with van der Waals surface area (Å²) in [7, 11) is 1.70. The van der Waals surface area contributed by atoms with Gasteiger partial charge in [-0.25, -0.2) is 0 Å². The second-order valence-corrected chi connectivity index (χ2v) is 5.81. The molecule has 0 heterocycles. The predicted molar refractivity (Wildman–Crippen MR) is 75.4 cm³/mol. The van der Waals surface area contributed by atoms with Gasteiger partial charge in [-0.3, -0.25) is 4.79 Å². The van der Waals surface area contributed by atoms with Crippen LogP contribution >= 0.6 is 0 Å². The number of methoxy groups -OCH3 is 1. The summed E-state index contributed by atoms with van der Waals surface area (Å²) in [5.41, 5.74) is 0. The second-order valence-electron chi connectivity index (χ2n) is 5.81. The van der Waals surface area contributed by atoms with Crippen molar-refractivity contribution in [1.82, 2.24) is 10.2 Å². The minimum Gasteiger partial charge on any atom is -0.480 e. The van der Waals surface area contributed by atoms with E-state index in [-0.39, 0.29) is 0 Å². The number of carboxylic acids is 1. The summed E-state index contributed by atoms with van der Waals surface area (Å²) in [4.78, 5) is 13.5. The molecule has 0 bridgehead atoms. The zero-order valence-electron chi connectivity index (χ0n) is 12.4. The molecule has 0 aliphatic heterocycles. The molecular weight excluding hydrogens is 244 g/mol. The van der Waals surface area contributed by atoms with Gasteiger partial charge in [0.25, 0.3) is 0 Å². The van der Waals surface area contributed by atoms with Crippen LogP contribution in [0, 0.1) is 5.92 Å². The van der Waals surface area contributed by atoms with Crippen molar-refractivity contribution in [3.05, 3.63) is 0 Å². The largest absolute Gasteiger partial charge is 0.480 e. The fraction of sp³-hybridized carbons (Fsp3) is 0.929. The molecule has 0 saturated heterocycles. The van der Waals surface area contributed by atoms with Gasteiger partial charge in [0.1, 0.15) is 6.04 Å². The van der Waals surface area contributed by atoms with Crippen LogP contribution < -0.4 is 5.32 Å². The first kappa shape index (κ1) is 16.4. The van der Waals surface area contributed by atoms with E-state index in [4.69, 9.17) is 4.74 Å². The number of hydrogen-bond donors (Lipinski definition) is 2. The van der Waals surface area contributed by atoms with Crippen molar-refractivity contribution in [3.8, 4) is 0 Å². The fourth-order valence-electron chi connectivity index (χ4n) is 2.16. The van der Waals surface area contributed by atoms with E-state index in [1.54, 1.807) is 7.11 Å². The van der Waals surface area contributed by atoms with E-state index in [0.29, 0.717) is 25.0 Å². The Hall–Kier alpha value is -0.650. The number of nitrogens with zero attached hydrogens (tertiary/aromatic N) is 1. The molecule has 19 heavy (non-hydrogen) atoms. The average molecular weight is 272 g/mol. The maximum absolute atomic E-state index is 11.2. The first-order valence-electron chi connectivity index (χ1n) is 7.23. The highest BCUT2D eigenvalue weighted by atomic mass is 16.5. The van der Waals surface area contributed by atoms with Gasteiger partial charge in [-0.05, 0) is 25.2 Å². The van der Waals surface area contributed by atoms with E-state index in [0.717, 1.165) is 32.5 Å². The van der Waals surface area contributed by atoms with E-state index in [1.807, 2.05) is 0 Å². The third kappa shape index (κ3) is 7.50. The minimum absolute atomic E-state index is 0.412. The normalized spacial score (nSPS) is 17.1. The van der Waals surface area contributed by atoms with Crippen LogP contribution in [0.1, 0.15) is 33.1 Å². The zero-order chi connectivity index (χ0) is 14.3. The molecule has 1 aliphatic carbocycles. The second kappa shape index (κ2) is 8.51. The Balaban J connectivity index is 2.35. The molecule has 0 spiro atoms. The highest BCUT2D eigenvalue weighted by Gasteiger charge is 2.28. The van der Waals surface area contributed by atoms with Crippen molar-refractivity contribution >= 4 is 5.97 Å². The lowest BCUT2D eigenvalue weighted by Crippen LogP contribution is -2.42. The Kier molecular flexibility index (Phi) is 7.34. The number of carbonyl (C=O) groups is 1. The molecule has 1 fully saturated rings. The van der Waals surface area contributed by atoms with Crippen molar-refractivity contribution in [3.63, 3.8) is 0 Å². The molecule has 0 aromatic heterocycles. The van der Waals surface area contributed by atoms with E-state index < -0.39 is 12.0 Å². The van der Waals surface area contributed by atoms with Crippen LogP contribution in [0.15, 0.2) is 0 Å². The lowest BCUT2D eigenvalue weighted by Gasteiger charge is -2.25. The third-order valence-electron chi connectivity index (χ3n) is 3.28. The van der Waals surface area contributed by atoms with Crippen LogP contribution in [0.2, 0.25) is 0 Å². The lowest BCUT2D eigenvalue weighted by molar-refractivity contribution is -0.139. The summed E-state index contributed by atoms with van der Waals surface area (Å²) in [6, 6.07) is 0.0170. The monoisotopic (exact) mass is 272 g/mol. The summed E-state index contributed by atoms with van der Waals surface area (Å²) in [5.74, 6) is -0.153. The molecule has 1 rings (SSSR count). The Morgan fingerprint density at radius 2 is 2.11 bits per heavy atom. The van der Waals surface area contributed by atoms with Gasteiger partial charge in [-0.15, -0.1) is 0 Å². The molecule has 1 unspecified atom stereocenters. The third-order valence-corrected chi connectivity index (χ3v) is 3.28. The molecule has 5 heteroatoms. The van der Waals surface area contributed by atoms with E-state index >= 15 is 0 Å². The van der Waals surface area contributed by atoms with Gasteiger partial charge in [0.05, 0.1) is 6.61 Å². The molecule has 1 atom stereocenters. The van der Waals surface area contributed by atoms with Crippen LogP contribution in [0.25, 0.3) is 0 Å². The molecule has 0 radical (unpaired) electrons. The van der Waals surface area contributed by atoms with Crippen molar-refractivity contribution in [2.45, 2.75) is 45.2 Å². The SMILES string of the molecule is COCCN(CCC(NC1CC1)C(=O)O)CC(C)C. The summed E-state index contributed by atoms with van der Waals surface area (Å²) in [6.45, 7) is 7.70. The lowest BCUT2D eigenvalue weighted by atomic mass is 10.1. The molecular formula is C14H28N2O3. The number of nitrogens with one attached hydrogen (secondary N) is 1. The number of aliphatic carboxylic acids is 1. The maximum Gasteiger partial charge on any atom is 0.320 e. The van der Waals surface area contributed by atoms with Crippen molar-refractivity contribution in [2.24, 2.45) is 5.92 Å². The Bertz CT molecular complexity index is 267. The Morgan fingerprint density at radius 3 is 2.58 bits per heavy atom. The van der Waals surface area contributed by atoms with E-state index in [2.05, 4.69) is 24.1 Å². The molecule has 5 nitrogen and oxygen atoms in total. The Labute approximate surface area is 116 Å². The van der Waals surface area contributed by atoms with Crippen LogP contribution in [-0.4, -0.2) is 61.4 Å². The number of hydrogen-bond acceptors (Lipinski definition) is 4. The topological polar surface area (TPSA) is 61.8 Å². The maximum atomic E-state index is 11.2.